The van der Waals surface area contributed by atoms with Crippen LogP contribution < -0.4 is 10.6 Å². The third kappa shape index (κ3) is 6.99. The van der Waals surface area contributed by atoms with E-state index in [0.29, 0.717) is 23.7 Å². The van der Waals surface area contributed by atoms with Gasteiger partial charge in [-0.3, -0.25) is 4.79 Å². The Balaban J connectivity index is 0.00000242. The fraction of sp³-hybridized carbons (Fsp3) is 0.333. The largest absolute Gasteiger partial charge is 0.444 e. The van der Waals surface area contributed by atoms with Gasteiger partial charge in [-0.15, -0.1) is 24.8 Å². The Labute approximate surface area is 146 Å². The number of hydrogen-bond acceptors (Lipinski definition) is 4. The number of oxazole rings is 1. The van der Waals surface area contributed by atoms with Crippen molar-refractivity contribution < 1.29 is 13.6 Å². The second-order valence-electron chi connectivity index (χ2n) is 4.53. The number of amides is 1. The summed E-state index contributed by atoms with van der Waals surface area (Å²) in [6, 6.07) is 5.85. The van der Waals surface area contributed by atoms with E-state index in [1.165, 1.54) is 18.4 Å². The summed E-state index contributed by atoms with van der Waals surface area (Å²) in [5.74, 6) is -0.0390. The number of nitrogens with one attached hydrogen (secondary N) is 2. The van der Waals surface area contributed by atoms with E-state index in [2.05, 4.69) is 15.6 Å². The molecule has 0 unspecified atom stereocenters. The quantitative estimate of drug-likeness (QED) is 0.742. The number of aromatic nitrogens is 1. The second-order valence-corrected chi connectivity index (χ2v) is 4.53. The average molecular weight is 364 g/mol. The van der Waals surface area contributed by atoms with Gasteiger partial charge in [-0.2, -0.15) is 0 Å². The first-order chi connectivity index (χ1) is 10.2. The van der Waals surface area contributed by atoms with Crippen molar-refractivity contribution in [3.63, 3.8) is 0 Å². The van der Waals surface area contributed by atoms with Crippen molar-refractivity contribution in [2.45, 2.75) is 13.3 Å². The molecule has 0 bridgehead atoms. The van der Waals surface area contributed by atoms with Crippen molar-refractivity contribution in [1.29, 1.82) is 0 Å². The van der Waals surface area contributed by atoms with Gasteiger partial charge in [-0.25, -0.2) is 9.37 Å². The summed E-state index contributed by atoms with van der Waals surface area (Å²) in [5.41, 5.74) is 1.23. The fourth-order valence-electron chi connectivity index (χ4n) is 1.81. The zero-order valence-electron chi connectivity index (χ0n) is 12.7. The molecule has 23 heavy (non-hydrogen) atoms. The molecule has 2 aromatic rings. The van der Waals surface area contributed by atoms with Crippen LogP contribution in [0.4, 0.5) is 4.39 Å². The van der Waals surface area contributed by atoms with E-state index in [1.54, 1.807) is 12.1 Å². The van der Waals surface area contributed by atoms with Crippen LogP contribution in [-0.4, -0.2) is 30.5 Å². The summed E-state index contributed by atoms with van der Waals surface area (Å²) >= 11 is 0. The second kappa shape index (κ2) is 11.0. The van der Waals surface area contributed by atoms with Gasteiger partial charge in [-0.05, 0) is 30.8 Å². The molecule has 5 nitrogen and oxygen atoms in total. The minimum atomic E-state index is -0.314. The van der Waals surface area contributed by atoms with Crippen molar-refractivity contribution in [3.8, 4) is 11.5 Å². The van der Waals surface area contributed by atoms with Crippen LogP contribution >= 0.6 is 24.8 Å². The molecular formula is C15H20Cl2FN3O2. The molecule has 0 aliphatic carbocycles. The predicted molar refractivity (Wildman–Crippen MR) is 91.7 cm³/mol. The highest BCUT2D eigenvalue weighted by Crippen LogP contribution is 2.18. The number of hydrogen-bond donors (Lipinski definition) is 2. The highest BCUT2D eigenvalue weighted by atomic mass is 35.5. The van der Waals surface area contributed by atoms with Gasteiger partial charge in [0.05, 0.1) is 12.1 Å². The molecule has 2 rings (SSSR count). The van der Waals surface area contributed by atoms with Crippen LogP contribution in [-0.2, 0) is 11.2 Å². The normalized spacial score (nSPS) is 9.65. The Kier molecular flexibility index (Phi) is 10.2. The number of nitrogens with zero attached hydrogens (tertiary/aromatic N) is 1. The molecule has 0 atom stereocenters. The van der Waals surface area contributed by atoms with Crippen LogP contribution in [0.2, 0.25) is 0 Å². The summed E-state index contributed by atoms with van der Waals surface area (Å²) in [4.78, 5) is 15.9. The number of rotatable bonds is 7. The molecular weight excluding hydrogens is 344 g/mol. The third-order valence-corrected chi connectivity index (χ3v) is 2.86. The summed E-state index contributed by atoms with van der Waals surface area (Å²) < 4.78 is 18.2. The van der Waals surface area contributed by atoms with E-state index < -0.39 is 0 Å². The summed E-state index contributed by atoms with van der Waals surface area (Å²) in [6.45, 7) is 4.20. The third-order valence-electron chi connectivity index (χ3n) is 2.86. The molecule has 128 valence electrons. The molecule has 0 aliphatic rings. The van der Waals surface area contributed by atoms with Crippen molar-refractivity contribution >= 4 is 30.7 Å². The van der Waals surface area contributed by atoms with Gasteiger partial charge < -0.3 is 15.1 Å². The van der Waals surface area contributed by atoms with E-state index >= 15 is 0 Å². The Morgan fingerprint density at radius 3 is 2.57 bits per heavy atom. The van der Waals surface area contributed by atoms with Gasteiger partial charge >= 0.3 is 0 Å². The van der Waals surface area contributed by atoms with Crippen LogP contribution in [0.3, 0.4) is 0 Å². The first kappa shape index (κ1) is 21.4. The molecule has 2 N–H and O–H groups in total. The molecule has 1 amide bonds. The molecule has 1 aromatic carbocycles. The van der Waals surface area contributed by atoms with Crippen LogP contribution in [0.25, 0.3) is 11.5 Å². The smallest absolute Gasteiger partial charge is 0.226 e. The minimum Gasteiger partial charge on any atom is -0.444 e. The fourth-order valence-corrected chi connectivity index (χ4v) is 1.81. The molecule has 0 saturated heterocycles. The average Bonchev–Trinajstić information content (AvgIpc) is 2.93. The number of carbonyl (C=O) groups excluding carboxylic acids is 1. The minimum absolute atomic E-state index is 0. The van der Waals surface area contributed by atoms with Crippen LogP contribution in [0, 0.1) is 5.82 Å². The van der Waals surface area contributed by atoms with Gasteiger partial charge in [0, 0.05) is 18.7 Å². The maximum atomic E-state index is 12.8. The molecule has 0 saturated carbocycles. The number of halogens is 3. The van der Waals surface area contributed by atoms with Crippen molar-refractivity contribution in [2.75, 3.05) is 19.6 Å². The first-order valence-electron chi connectivity index (χ1n) is 6.87. The Morgan fingerprint density at radius 2 is 1.91 bits per heavy atom. The molecule has 1 aromatic heterocycles. The molecule has 0 radical (unpaired) electrons. The van der Waals surface area contributed by atoms with E-state index in [-0.39, 0.29) is 43.0 Å². The number of benzene rings is 1. The topological polar surface area (TPSA) is 67.2 Å². The van der Waals surface area contributed by atoms with Crippen LogP contribution in [0.1, 0.15) is 12.6 Å². The Hall–Kier alpha value is -1.63. The van der Waals surface area contributed by atoms with Crippen molar-refractivity contribution in [3.05, 3.63) is 42.0 Å². The van der Waals surface area contributed by atoms with Crippen LogP contribution in [0.5, 0.6) is 0 Å². The van der Waals surface area contributed by atoms with Gasteiger partial charge in [0.25, 0.3) is 0 Å². The molecule has 0 fully saturated rings. The molecule has 8 heteroatoms. The summed E-state index contributed by atoms with van der Waals surface area (Å²) in [5, 5.41) is 5.91. The van der Waals surface area contributed by atoms with Gasteiger partial charge in [0.1, 0.15) is 12.1 Å². The standard InChI is InChI=1S/C15H18FN3O2.2ClH/c1-2-17-7-8-18-14(20)9-13-10-21-15(19-13)11-3-5-12(16)6-4-11;;/h3-6,10,17H,2,7-9H2,1H3,(H,18,20);2*1H. The van der Waals surface area contributed by atoms with Gasteiger partial charge in [-0.1, -0.05) is 6.92 Å². The lowest BCUT2D eigenvalue weighted by Gasteiger charge is -2.03. The predicted octanol–water partition coefficient (Wildman–Crippen LogP) is 2.59. The van der Waals surface area contributed by atoms with E-state index in [9.17, 15) is 9.18 Å². The number of carbonyl (C=O) groups is 1. The monoisotopic (exact) mass is 363 g/mol. The maximum absolute atomic E-state index is 12.8. The van der Waals surface area contributed by atoms with Crippen LogP contribution in [0.15, 0.2) is 34.9 Å². The lowest BCUT2D eigenvalue weighted by molar-refractivity contribution is -0.120. The lowest BCUT2D eigenvalue weighted by Crippen LogP contribution is -2.32. The Morgan fingerprint density at radius 1 is 1.22 bits per heavy atom. The van der Waals surface area contributed by atoms with E-state index in [1.807, 2.05) is 6.92 Å². The van der Waals surface area contributed by atoms with Crippen molar-refractivity contribution in [1.82, 2.24) is 15.6 Å². The van der Waals surface area contributed by atoms with E-state index in [0.717, 1.165) is 13.1 Å². The SMILES string of the molecule is CCNCCNC(=O)Cc1coc(-c2ccc(F)cc2)n1.Cl.Cl. The molecule has 1 heterocycles. The van der Waals surface area contributed by atoms with Crippen molar-refractivity contribution in [2.24, 2.45) is 0 Å². The zero-order chi connectivity index (χ0) is 15.1. The lowest BCUT2D eigenvalue weighted by atomic mass is 10.2. The highest BCUT2D eigenvalue weighted by Gasteiger charge is 2.10. The zero-order valence-corrected chi connectivity index (χ0v) is 14.3. The number of likely N-dealkylation sites (N-methyl/N-ethyl adjacent to an activating group) is 1. The maximum Gasteiger partial charge on any atom is 0.226 e. The van der Waals surface area contributed by atoms with E-state index in [4.69, 9.17) is 4.42 Å². The van der Waals surface area contributed by atoms with Gasteiger partial charge in [0.2, 0.25) is 11.8 Å². The summed E-state index contributed by atoms with van der Waals surface area (Å²) in [6.07, 6.45) is 1.61. The van der Waals surface area contributed by atoms with Gasteiger partial charge in [0.15, 0.2) is 0 Å². The summed E-state index contributed by atoms with van der Waals surface area (Å²) in [7, 11) is 0. The molecule has 0 spiro atoms. The Bertz CT molecular complexity index is 591. The molecule has 0 aliphatic heterocycles. The first-order valence-corrected chi connectivity index (χ1v) is 6.87. The highest BCUT2D eigenvalue weighted by molar-refractivity contribution is 5.85.